The molecule has 2 aliphatic heterocycles. The number of likely N-dealkylation sites (tertiary alicyclic amines) is 1. The molecule has 2 fully saturated rings. The molecule has 0 spiro atoms. The van der Waals surface area contributed by atoms with Gasteiger partial charge in [-0.25, -0.2) is 0 Å². The molecular formula is C17H25N3O. The van der Waals surface area contributed by atoms with Gasteiger partial charge in [0.25, 0.3) is 0 Å². The zero-order chi connectivity index (χ0) is 14.7. The minimum Gasteiger partial charge on any atom is -0.312 e. The maximum atomic E-state index is 12.6. The predicted molar refractivity (Wildman–Crippen MR) is 85.4 cm³/mol. The SMILES string of the molecule is CCN(C(=O)CN1CC2CCCNC2C1)c1ccccc1. The van der Waals surface area contributed by atoms with Crippen molar-refractivity contribution in [3.8, 4) is 0 Å². The molecule has 21 heavy (non-hydrogen) atoms. The normalized spacial score (nSPS) is 25.6. The number of anilines is 1. The summed E-state index contributed by atoms with van der Waals surface area (Å²) in [5, 5.41) is 3.59. The third kappa shape index (κ3) is 3.27. The fourth-order valence-corrected chi connectivity index (χ4v) is 3.65. The number of benzene rings is 1. The minimum absolute atomic E-state index is 0.211. The monoisotopic (exact) mass is 287 g/mol. The lowest BCUT2D eigenvalue weighted by atomic mass is 9.94. The van der Waals surface area contributed by atoms with Crippen LogP contribution in [0, 0.1) is 5.92 Å². The van der Waals surface area contributed by atoms with Crippen molar-refractivity contribution in [1.82, 2.24) is 10.2 Å². The Hall–Kier alpha value is -1.39. The average molecular weight is 287 g/mol. The molecule has 2 unspecified atom stereocenters. The second-order valence-electron chi connectivity index (χ2n) is 6.13. The Labute approximate surface area is 127 Å². The number of amides is 1. The van der Waals surface area contributed by atoms with Crippen molar-refractivity contribution < 1.29 is 4.79 Å². The van der Waals surface area contributed by atoms with Crippen LogP contribution >= 0.6 is 0 Å². The van der Waals surface area contributed by atoms with Gasteiger partial charge in [-0.1, -0.05) is 18.2 Å². The number of nitrogens with one attached hydrogen (secondary N) is 1. The van der Waals surface area contributed by atoms with E-state index in [-0.39, 0.29) is 5.91 Å². The largest absolute Gasteiger partial charge is 0.312 e. The van der Waals surface area contributed by atoms with Crippen LogP contribution in [0.15, 0.2) is 30.3 Å². The second kappa shape index (κ2) is 6.58. The van der Waals surface area contributed by atoms with Gasteiger partial charge in [-0.3, -0.25) is 9.69 Å². The van der Waals surface area contributed by atoms with Gasteiger partial charge in [0.15, 0.2) is 0 Å². The average Bonchev–Trinajstić information content (AvgIpc) is 2.91. The number of hydrogen-bond donors (Lipinski definition) is 1. The number of rotatable bonds is 4. The van der Waals surface area contributed by atoms with E-state index in [0.717, 1.165) is 37.8 Å². The molecule has 1 aromatic carbocycles. The third-order valence-corrected chi connectivity index (χ3v) is 4.72. The Balaban J connectivity index is 1.60. The van der Waals surface area contributed by atoms with Crippen LogP contribution in [-0.2, 0) is 4.79 Å². The molecule has 2 saturated heterocycles. The van der Waals surface area contributed by atoms with E-state index in [4.69, 9.17) is 0 Å². The summed E-state index contributed by atoms with van der Waals surface area (Å²) in [6.07, 6.45) is 2.58. The van der Waals surface area contributed by atoms with Gasteiger partial charge in [0.05, 0.1) is 6.54 Å². The first-order valence-corrected chi connectivity index (χ1v) is 8.09. The maximum Gasteiger partial charge on any atom is 0.241 e. The van der Waals surface area contributed by atoms with Gasteiger partial charge in [-0.05, 0) is 44.4 Å². The lowest BCUT2D eigenvalue weighted by molar-refractivity contribution is -0.119. The second-order valence-corrected chi connectivity index (χ2v) is 6.13. The van der Waals surface area contributed by atoms with E-state index in [2.05, 4.69) is 10.2 Å². The molecule has 1 aromatic rings. The molecule has 0 radical (unpaired) electrons. The summed E-state index contributed by atoms with van der Waals surface area (Å²) in [6.45, 7) is 6.52. The third-order valence-electron chi connectivity index (χ3n) is 4.72. The molecule has 2 heterocycles. The number of fused-ring (bicyclic) bond motifs is 1. The summed E-state index contributed by atoms with van der Waals surface area (Å²) >= 11 is 0. The summed E-state index contributed by atoms with van der Waals surface area (Å²) in [5.74, 6) is 0.945. The number of carbonyl (C=O) groups is 1. The van der Waals surface area contributed by atoms with Gasteiger partial charge in [0.1, 0.15) is 0 Å². The van der Waals surface area contributed by atoms with Crippen molar-refractivity contribution in [3.05, 3.63) is 30.3 Å². The molecule has 114 valence electrons. The Morgan fingerprint density at radius 1 is 1.33 bits per heavy atom. The number of piperidine rings is 1. The zero-order valence-electron chi connectivity index (χ0n) is 12.8. The Kier molecular flexibility index (Phi) is 4.56. The lowest BCUT2D eigenvalue weighted by Gasteiger charge is -2.25. The summed E-state index contributed by atoms with van der Waals surface area (Å²) in [7, 11) is 0. The molecule has 1 N–H and O–H groups in total. The molecule has 1 amide bonds. The van der Waals surface area contributed by atoms with Gasteiger partial charge in [0.2, 0.25) is 5.91 Å². The highest BCUT2D eigenvalue weighted by Crippen LogP contribution is 2.25. The number of para-hydroxylation sites is 1. The molecule has 0 bridgehead atoms. The van der Waals surface area contributed by atoms with Crippen LogP contribution in [0.25, 0.3) is 0 Å². The fraction of sp³-hybridized carbons (Fsp3) is 0.588. The van der Waals surface area contributed by atoms with Crippen LogP contribution in [0.3, 0.4) is 0 Å². The topological polar surface area (TPSA) is 35.6 Å². The lowest BCUT2D eigenvalue weighted by Crippen LogP contribution is -2.42. The predicted octanol–water partition coefficient (Wildman–Crippen LogP) is 1.72. The van der Waals surface area contributed by atoms with Gasteiger partial charge < -0.3 is 10.2 Å². The maximum absolute atomic E-state index is 12.6. The molecule has 0 aliphatic carbocycles. The van der Waals surface area contributed by atoms with E-state index in [9.17, 15) is 4.79 Å². The number of likely N-dealkylation sites (N-methyl/N-ethyl adjacent to an activating group) is 1. The van der Waals surface area contributed by atoms with Crippen molar-refractivity contribution in [3.63, 3.8) is 0 Å². The smallest absolute Gasteiger partial charge is 0.241 e. The molecule has 4 nitrogen and oxygen atoms in total. The quantitative estimate of drug-likeness (QED) is 0.916. The first-order chi connectivity index (χ1) is 10.3. The molecule has 0 aromatic heterocycles. The van der Waals surface area contributed by atoms with Gasteiger partial charge in [-0.2, -0.15) is 0 Å². The standard InChI is InChI=1S/C17H25N3O/c1-2-20(15-8-4-3-5-9-15)17(21)13-19-11-14-7-6-10-18-16(14)12-19/h3-5,8-9,14,16,18H,2,6-7,10-13H2,1H3. The van der Waals surface area contributed by atoms with Crippen LogP contribution < -0.4 is 10.2 Å². The van der Waals surface area contributed by atoms with Crippen molar-refractivity contribution in [2.75, 3.05) is 37.6 Å². The molecule has 3 rings (SSSR count). The Bertz CT molecular complexity index is 462. The van der Waals surface area contributed by atoms with Crippen molar-refractivity contribution in [1.29, 1.82) is 0 Å². The molecule has 4 heteroatoms. The van der Waals surface area contributed by atoms with Crippen LogP contribution in [0.2, 0.25) is 0 Å². The zero-order valence-corrected chi connectivity index (χ0v) is 12.8. The first kappa shape index (κ1) is 14.5. The van der Waals surface area contributed by atoms with E-state index < -0.39 is 0 Å². The van der Waals surface area contributed by atoms with Crippen LogP contribution in [-0.4, -0.2) is 49.6 Å². The first-order valence-electron chi connectivity index (χ1n) is 8.09. The molecule has 2 aliphatic rings. The molecular weight excluding hydrogens is 262 g/mol. The minimum atomic E-state index is 0.211. The van der Waals surface area contributed by atoms with Crippen molar-refractivity contribution >= 4 is 11.6 Å². The Morgan fingerprint density at radius 2 is 2.14 bits per heavy atom. The highest BCUT2D eigenvalue weighted by molar-refractivity contribution is 5.94. The fourth-order valence-electron chi connectivity index (χ4n) is 3.65. The number of nitrogens with zero attached hydrogens (tertiary/aromatic N) is 2. The van der Waals surface area contributed by atoms with Crippen LogP contribution in [0.4, 0.5) is 5.69 Å². The summed E-state index contributed by atoms with van der Waals surface area (Å²) in [4.78, 5) is 16.8. The summed E-state index contributed by atoms with van der Waals surface area (Å²) < 4.78 is 0. The van der Waals surface area contributed by atoms with E-state index in [1.165, 1.54) is 12.8 Å². The van der Waals surface area contributed by atoms with E-state index in [1.807, 2.05) is 42.2 Å². The molecule has 2 atom stereocenters. The number of carbonyl (C=O) groups excluding carboxylic acids is 1. The van der Waals surface area contributed by atoms with Gasteiger partial charge >= 0.3 is 0 Å². The summed E-state index contributed by atoms with van der Waals surface area (Å²) in [6, 6.07) is 10.6. The van der Waals surface area contributed by atoms with Gasteiger partial charge in [-0.15, -0.1) is 0 Å². The van der Waals surface area contributed by atoms with E-state index in [0.29, 0.717) is 12.6 Å². The highest BCUT2D eigenvalue weighted by Gasteiger charge is 2.35. The van der Waals surface area contributed by atoms with Crippen molar-refractivity contribution in [2.45, 2.75) is 25.8 Å². The highest BCUT2D eigenvalue weighted by atomic mass is 16.2. The van der Waals surface area contributed by atoms with E-state index >= 15 is 0 Å². The summed E-state index contributed by atoms with van der Waals surface area (Å²) in [5.41, 5.74) is 1.000. The van der Waals surface area contributed by atoms with Crippen LogP contribution in [0.5, 0.6) is 0 Å². The number of hydrogen-bond acceptors (Lipinski definition) is 3. The van der Waals surface area contributed by atoms with Crippen molar-refractivity contribution in [2.24, 2.45) is 5.92 Å². The van der Waals surface area contributed by atoms with Crippen LogP contribution in [0.1, 0.15) is 19.8 Å². The molecule has 0 saturated carbocycles. The van der Waals surface area contributed by atoms with Gasteiger partial charge in [0, 0.05) is 31.4 Å². The Morgan fingerprint density at radius 3 is 2.86 bits per heavy atom. The van der Waals surface area contributed by atoms with E-state index in [1.54, 1.807) is 0 Å².